The largest absolute Gasteiger partial charge is 0.381 e. The van der Waals surface area contributed by atoms with Gasteiger partial charge in [-0.25, -0.2) is 0 Å². The maximum Gasteiger partial charge on any atom is 0.0480 e. The Kier molecular flexibility index (Phi) is 4.82. The Morgan fingerprint density at radius 1 is 1.42 bits per heavy atom. The molecule has 1 heterocycles. The van der Waals surface area contributed by atoms with Crippen molar-refractivity contribution in [1.29, 1.82) is 0 Å². The Hall–Kier alpha value is -0.520. The minimum atomic E-state index is 0.664. The van der Waals surface area contributed by atoms with E-state index in [0.717, 1.165) is 39.0 Å². The van der Waals surface area contributed by atoms with Gasteiger partial charge in [0.1, 0.15) is 0 Å². The number of hydrogen-bond donors (Lipinski definition) is 1. The quantitative estimate of drug-likeness (QED) is 0.503. The first-order chi connectivity index (χ1) is 5.93. The summed E-state index contributed by atoms with van der Waals surface area (Å²) >= 11 is 0. The molecule has 2 nitrogen and oxygen atoms in total. The van der Waals surface area contributed by atoms with Crippen molar-refractivity contribution in [3.8, 4) is 11.8 Å². The lowest BCUT2D eigenvalue weighted by molar-refractivity contribution is 0.0783. The predicted molar refractivity (Wildman–Crippen MR) is 49.9 cm³/mol. The Balaban J connectivity index is 2.00. The van der Waals surface area contributed by atoms with Crippen LogP contribution in [0.5, 0.6) is 0 Å². The Morgan fingerprint density at radius 3 is 2.83 bits per heavy atom. The van der Waals surface area contributed by atoms with Crippen LogP contribution >= 0.6 is 0 Å². The number of rotatable bonds is 3. The van der Waals surface area contributed by atoms with E-state index in [2.05, 4.69) is 17.2 Å². The molecular formula is C10H17NO. The second kappa shape index (κ2) is 6.05. The van der Waals surface area contributed by atoms with Crippen molar-refractivity contribution in [2.45, 2.75) is 32.2 Å². The normalized spacial score (nSPS) is 18.4. The summed E-state index contributed by atoms with van der Waals surface area (Å²) in [6, 6.07) is 0.664. The first kappa shape index (κ1) is 9.57. The van der Waals surface area contributed by atoms with Crippen LogP contribution in [-0.2, 0) is 4.74 Å². The van der Waals surface area contributed by atoms with Gasteiger partial charge in [-0.1, -0.05) is 0 Å². The zero-order chi connectivity index (χ0) is 8.65. The van der Waals surface area contributed by atoms with Crippen LogP contribution in [0.3, 0.4) is 0 Å². The van der Waals surface area contributed by atoms with Crippen molar-refractivity contribution in [2.24, 2.45) is 0 Å². The highest BCUT2D eigenvalue weighted by molar-refractivity contribution is 4.95. The Morgan fingerprint density at radius 2 is 2.17 bits per heavy atom. The minimum absolute atomic E-state index is 0.664. The summed E-state index contributed by atoms with van der Waals surface area (Å²) in [5.41, 5.74) is 0. The van der Waals surface area contributed by atoms with Gasteiger partial charge in [0.2, 0.25) is 0 Å². The predicted octanol–water partition coefficient (Wildman–Crippen LogP) is 1.17. The van der Waals surface area contributed by atoms with Gasteiger partial charge < -0.3 is 10.1 Å². The van der Waals surface area contributed by atoms with E-state index in [0.29, 0.717) is 6.04 Å². The number of hydrogen-bond acceptors (Lipinski definition) is 2. The molecule has 0 atom stereocenters. The zero-order valence-corrected chi connectivity index (χ0v) is 7.73. The highest BCUT2D eigenvalue weighted by Crippen LogP contribution is 2.05. The fraction of sp³-hybridized carbons (Fsp3) is 0.800. The average Bonchev–Trinajstić information content (AvgIpc) is 2.14. The van der Waals surface area contributed by atoms with Gasteiger partial charge in [-0.2, -0.15) is 0 Å². The van der Waals surface area contributed by atoms with E-state index in [-0.39, 0.29) is 0 Å². The van der Waals surface area contributed by atoms with Crippen molar-refractivity contribution in [3.05, 3.63) is 0 Å². The average molecular weight is 167 g/mol. The van der Waals surface area contributed by atoms with Gasteiger partial charge in [-0.05, 0) is 19.8 Å². The van der Waals surface area contributed by atoms with Crippen molar-refractivity contribution < 1.29 is 4.74 Å². The summed E-state index contributed by atoms with van der Waals surface area (Å²) in [4.78, 5) is 0. The first-order valence-electron chi connectivity index (χ1n) is 4.64. The highest BCUT2D eigenvalue weighted by Gasteiger charge is 2.11. The second-order valence-electron chi connectivity index (χ2n) is 3.02. The van der Waals surface area contributed by atoms with Gasteiger partial charge in [0.05, 0.1) is 0 Å². The standard InChI is InChI=1S/C10H17NO/c1-2-3-4-7-11-10-5-8-12-9-6-10/h10-11H,4-9H2,1H3. The SMILES string of the molecule is CC#CCCNC1CCOCC1. The lowest BCUT2D eigenvalue weighted by atomic mass is 10.1. The maximum absolute atomic E-state index is 5.26. The molecule has 0 aliphatic carbocycles. The Bertz CT molecular complexity index is 162. The molecule has 0 spiro atoms. The van der Waals surface area contributed by atoms with Crippen LogP contribution in [0.2, 0.25) is 0 Å². The van der Waals surface area contributed by atoms with Crippen molar-refractivity contribution in [3.63, 3.8) is 0 Å². The summed E-state index contributed by atoms with van der Waals surface area (Å²) in [7, 11) is 0. The third-order valence-corrected chi connectivity index (χ3v) is 2.08. The lowest BCUT2D eigenvalue weighted by Crippen LogP contribution is -2.35. The molecule has 1 fully saturated rings. The van der Waals surface area contributed by atoms with E-state index in [1.54, 1.807) is 0 Å². The van der Waals surface area contributed by atoms with Gasteiger partial charge in [0.15, 0.2) is 0 Å². The lowest BCUT2D eigenvalue weighted by Gasteiger charge is -2.22. The van der Waals surface area contributed by atoms with Gasteiger partial charge in [-0.15, -0.1) is 11.8 Å². The van der Waals surface area contributed by atoms with E-state index < -0.39 is 0 Å². The van der Waals surface area contributed by atoms with Crippen LogP contribution < -0.4 is 5.32 Å². The monoisotopic (exact) mass is 167 g/mol. The molecule has 1 rings (SSSR count). The molecule has 0 unspecified atom stereocenters. The molecule has 1 aliphatic rings. The van der Waals surface area contributed by atoms with Crippen molar-refractivity contribution >= 4 is 0 Å². The molecule has 0 aromatic carbocycles. The topological polar surface area (TPSA) is 21.3 Å². The minimum Gasteiger partial charge on any atom is -0.381 e. The van der Waals surface area contributed by atoms with E-state index in [4.69, 9.17) is 4.74 Å². The third kappa shape index (κ3) is 3.75. The molecule has 0 aromatic rings. The Labute approximate surface area is 74.7 Å². The number of ether oxygens (including phenoxy) is 1. The van der Waals surface area contributed by atoms with E-state index >= 15 is 0 Å². The maximum atomic E-state index is 5.26. The molecule has 68 valence electrons. The zero-order valence-electron chi connectivity index (χ0n) is 7.73. The molecular weight excluding hydrogens is 150 g/mol. The summed E-state index contributed by atoms with van der Waals surface area (Å²) in [6.07, 6.45) is 3.27. The van der Waals surface area contributed by atoms with Crippen LogP contribution in [0.25, 0.3) is 0 Å². The molecule has 12 heavy (non-hydrogen) atoms. The summed E-state index contributed by atoms with van der Waals surface area (Å²) in [5, 5.41) is 3.47. The fourth-order valence-electron chi connectivity index (χ4n) is 1.37. The van der Waals surface area contributed by atoms with E-state index in [1.165, 1.54) is 0 Å². The summed E-state index contributed by atoms with van der Waals surface area (Å²) < 4.78 is 5.26. The molecule has 0 aromatic heterocycles. The van der Waals surface area contributed by atoms with Gasteiger partial charge in [-0.3, -0.25) is 0 Å². The molecule has 0 bridgehead atoms. The van der Waals surface area contributed by atoms with Crippen LogP contribution in [0.15, 0.2) is 0 Å². The fourth-order valence-corrected chi connectivity index (χ4v) is 1.37. The summed E-state index contributed by atoms with van der Waals surface area (Å²) in [6.45, 7) is 4.73. The van der Waals surface area contributed by atoms with E-state index in [9.17, 15) is 0 Å². The van der Waals surface area contributed by atoms with Crippen LogP contribution in [0.4, 0.5) is 0 Å². The molecule has 1 N–H and O–H groups in total. The smallest absolute Gasteiger partial charge is 0.0480 e. The van der Waals surface area contributed by atoms with Crippen LogP contribution in [0, 0.1) is 11.8 Å². The molecule has 2 heteroatoms. The van der Waals surface area contributed by atoms with Gasteiger partial charge in [0.25, 0.3) is 0 Å². The van der Waals surface area contributed by atoms with Crippen LogP contribution in [0.1, 0.15) is 26.2 Å². The molecule has 0 radical (unpaired) electrons. The van der Waals surface area contributed by atoms with E-state index in [1.807, 2.05) is 6.92 Å². The van der Waals surface area contributed by atoms with Crippen molar-refractivity contribution in [2.75, 3.05) is 19.8 Å². The summed E-state index contributed by atoms with van der Waals surface area (Å²) in [5.74, 6) is 5.93. The van der Waals surface area contributed by atoms with Gasteiger partial charge >= 0.3 is 0 Å². The first-order valence-corrected chi connectivity index (χ1v) is 4.64. The molecule has 1 saturated heterocycles. The molecule has 1 aliphatic heterocycles. The molecule has 0 saturated carbocycles. The van der Waals surface area contributed by atoms with Crippen LogP contribution in [-0.4, -0.2) is 25.8 Å². The van der Waals surface area contributed by atoms with Gasteiger partial charge in [0, 0.05) is 32.2 Å². The third-order valence-electron chi connectivity index (χ3n) is 2.08. The van der Waals surface area contributed by atoms with Crippen molar-refractivity contribution in [1.82, 2.24) is 5.32 Å². The number of nitrogens with one attached hydrogen (secondary N) is 1. The molecule has 0 amide bonds. The second-order valence-corrected chi connectivity index (χ2v) is 3.02. The highest BCUT2D eigenvalue weighted by atomic mass is 16.5.